The van der Waals surface area contributed by atoms with Gasteiger partial charge in [-0.1, -0.05) is 0 Å². The Balaban J connectivity index is -0.0000000854. The van der Waals surface area contributed by atoms with Gasteiger partial charge in [0, 0.05) is 11.8 Å². The molecule has 0 saturated heterocycles. The second-order valence-corrected chi connectivity index (χ2v) is 3.09. The molecule has 0 heterocycles. The van der Waals surface area contributed by atoms with Gasteiger partial charge in [-0.05, 0) is 13.8 Å². The van der Waals surface area contributed by atoms with Crippen LogP contribution in [0.25, 0.3) is 0 Å². The summed E-state index contributed by atoms with van der Waals surface area (Å²) in [5.74, 6) is -1.76. The summed E-state index contributed by atoms with van der Waals surface area (Å²) in [4.78, 5) is 39.3. The van der Waals surface area contributed by atoms with Crippen molar-refractivity contribution in [1.82, 2.24) is 0 Å². The van der Waals surface area contributed by atoms with Crippen LogP contribution >= 0.6 is 0 Å². The maximum atomic E-state index is 10.7. The molecule has 1 N–H and O–H groups in total. The van der Waals surface area contributed by atoms with Gasteiger partial charge >= 0.3 is 126 Å². The first-order chi connectivity index (χ1) is 9.81. The van der Waals surface area contributed by atoms with Gasteiger partial charge in [0.25, 0.3) is 0 Å². The molecule has 0 bridgehead atoms. The summed E-state index contributed by atoms with van der Waals surface area (Å²) < 4.78 is 8.57. The monoisotopic (exact) mass is 397 g/mol. The van der Waals surface area contributed by atoms with E-state index in [4.69, 9.17) is 5.11 Å². The Morgan fingerprint density at radius 1 is 1.32 bits per heavy atom. The van der Waals surface area contributed by atoms with E-state index in [-0.39, 0.29) is 72.3 Å². The van der Waals surface area contributed by atoms with Crippen molar-refractivity contribution in [3.05, 3.63) is 10.1 Å². The van der Waals surface area contributed by atoms with E-state index in [0.29, 0.717) is 0 Å². The Labute approximate surface area is 218 Å². The van der Waals surface area contributed by atoms with Crippen molar-refractivity contribution in [2.45, 2.75) is 32.9 Å². The number of aliphatic hydroxyl groups is 1. The molecular weight excluding hydrogens is 379 g/mol. The molecule has 0 aromatic carbocycles. The van der Waals surface area contributed by atoms with E-state index in [1.807, 2.05) is 0 Å². The first-order valence-electron chi connectivity index (χ1n) is 6.41. The van der Waals surface area contributed by atoms with Crippen LogP contribution in [-0.4, -0.2) is 117 Å². The average Bonchev–Trinajstić information content (AvgIpc) is 2.48. The number of aldehydes is 1. The first kappa shape index (κ1) is 32.5. The number of nitro groups is 1. The molecule has 0 amide bonds. The molecule has 0 aliphatic rings. The normalized spacial score (nSPS) is 10.9. The van der Waals surface area contributed by atoms with E-state index in [1.165, 1.54) is 63.2 Å². The Morgan fingerprint density at radius 2 is 1.73 bits per heavy atom. The Kier molecular flexibility index (Phi) is 35.3. The number of rotatable bonds is 6. The Bertz CT molecular complexity index is 335. The van der Waals surface area contributed by atoms with Crippen molar-refractivity contribution >= 4 is 81.4 Å². The molecule has 0 aromatic rings. The number of esters is 2. The molecule has 0 aromatic heterocycles. The summed E-state index contributed by atoms with van der Waals surface area (Å²) in [5, 5.41) is 19.1. The third-order valence-corrected chi connectivity index (χ3v) is 1.70. The van der Waals surface area contributed by atoms with Crippen LogP contribution in [0.4, 0.5) is 0 Å². The molecule has 114 valence electrons. The Hall–Kier alpha value is 2.88. The number of aliphatic hydroxyl groups excluding tert-OH is 1. The minimum atomic E-state index is -1.68. The van der Waals surface area contributed by atoms with E-state index in [9.17, 15) is 24.5 Å². The van der Waals surface area contributed by atoms with E-state index >= 15 is 0 Å². The van der Waals surface area contributed by atoms with Crippen LogP contribution in [0.15, 0.2) is 0 Å². The maximum absolute atomic E-state index is 10.7. The van der Waals surface area contributed by atoms with Crippen LogP contribution in [0.2, 0.25) is 0 Å². The van der Waals surface area contributed by atoms with Crippen molar-refractivity contribution in [2.75, 3.05) is 13.2 Å². The number of hydrogen-bond acceptors (Lipinski definition) is 8. The number of nitrogens with zero attached hydrogens (tertiary/aromatic N) is 1. The third-order valence-electron chi connectivity index (χ3n) is 1.70. The van der Waals surface area contributed by atoms with Gasteiger partial charge in [-0.25, -0.2) is 9.59 Å². The molecule has 0 radical (unpaired) electrons. The molecule has 22 heavy (non-hydrogen) atoms. The van der Waals surface area contributed by atoms with Crippen LogP contribution in [-0.2, 0) is 23.9 Å². The first-order valence-corrected chi connectivity index (χ1v) is 22.4. The van der Waals surface area contributed by atoms with Gasteiger partial charge in [0.15, 0.2) is 0 Å². The number of ether oxygens (including phenoxy) is 2. The van der Waals surface area contributed by atoms with E-state index in [2.05, 4.69) is 9.47 Å². The molecule has 12 heteroatoms. The van der Waals surface area contributed by atoms with Gasteiger partial charge in [-0.3, -0.25) is 14.9 Å². The number of carbonyl (C=O) groups is 3. The van der Waals surface area contributed by atoms with Crippen molar-refractivity contribution in [2.24, 2.45) is 0 Å². The summed E-state index contributed by atoms with van der Waals surface area (Å²) >= 11 is 2.50. The molecule has 0 rings (SSSR count). The fraction of sp³-hybridized carbons (Fsp3) is 0.700. The van der Waals surface area contributed by atoms with Gasteiger partial charge < -0.3 is 16.0 Å². The predicted octanol–water partition coefficient (Wildman–Crippen LogP) is -4.32. The second kappa shape index (κ2) is 23.9. The van der Waals surface area contributed by atoms with Crippen molar-refractivity contribution < 1.29 is 86.7 Å². The standard InChI is InChI=1S/C6H11NO5.C4H6O3.3K.H/c1-3-12-6(9)5(8)4(2)7(10)11;1-2-7-4(6)3-5;;;;/h4-5,8H,3H2,1-2H3;3H,2H2,1H3;;;;/q;;;;+1;-1. The second-order valence-electron chi connectivity index (χ2n) is 3.09. The molecule has 0 fully saturated rings. The summed E-state index contributed by atoms with van der Waals surface area (Å²) in [6.07, 6.45) is -1.54. The SMILES string of the molecule is CCOC(=O)C(O)C(C)[N+](=O)[O-].CCOC(=O)C=O.[H-].[K+].[K][K]. The third kappa shape index (κ3) is 20.9. The molecule has 0 aliphatic carbocycles. The zero-order valence-corrected chi connectivity index (χ0v) is 23.3. The quantitative estimate of drug-likeness (QED) is 0.119. The summed E-state index contributed by atoms with van der Waals surface area (Å²) in [6.45, 7) is 4.70. The molecule has 0 saturated carbocycles. The fourth-order valence-corrected chi connectivity index (χ4v) is 0.716. The molecule has 9 nitrogen and oxygen atoms in total. The number of hydrogen-bond donors (Lipinski definition) is 1. The van der Waals surface area contributed by atoms with Crippen LogP contribution < -0.4 is 51.4 Å². The van der Waals surface area contributed by atoms with E-state index in [0.717, 1.165) is 6.92 Å². The molecule has 0 spiro atoms. The van der Waals surface area contributed by atoms with Gasteiger partial charge in [-0.2, -0.15) is 0 Å². The molecule has 2 atom stereocenters. The average molecular weight is 398 g/mol. The van der Waals surface area contributed by atoms with Gasteiger partial charge in [0.05, 0.1) is 13.2 Å². The topological polar surface area (TPSA) is 133 Å². The van der Waals surface area contributed by atoms with Crippen molar-refractivity contribution in [1.29, 1.82) is 0 Å². The molecule has 2 unspecified atom stereocenters. The molecule has 0 aliphatic heterocycles. The fourth-order valence-electron chi connectivity index (χ4n) is 0.716. The zero-order valence-electron chi connectivity index (χ0n) is 14.9. The predicted molar refractivity (Wildman–Crippen MR) is 74.4 cm³/mol. The summed E-state index contributed by atoms with van der Waals surface area (Å²) in [7, 11) is 0. The van der Waals surface area contributed by atoms with E-state index in [1.54, 1.807) is 13.8 Å². The van der Waals surface area contributed by atoms with Crippen LogP contribution in [0.3, 0.4) is 0 Å². The zero-order chi connectivity index (χ0) is 17.4. The van der Waals surface area contributed by atoms with Crippen LogP contribution in [0, 0.1) is 10.1 Å². The van der Waals surface area contributed by atoms with Crippen LogP contribution in [0.5, 0.6) is 0 Å². The molecular formula is C10H18K3NO8. The van der Waals surface area contributed by atoms with Gasteiger partial charge in [0.1, 0.15) is 0 Å². The van der Waals surface area contributed by atoms with Gasteiger partial charge in [-0.15, -0.1) is 0 Å². The minimum absolute atomic E-state index is 0. The van der Waals surface area contributed by atoms with Crippen LogP contribution in [0.1, 0.15) is 22.2 Å². The van der Waals surface area contributed by atoms with E-state index < -0.39 is 29.0 Å². The van der Waals surface area contributed by atoms with Crippen molar-refractivity contribution in [3.63, 3.8) is 0 Å². The Morgan fingerprint density at radius 3 is 1.95 bits per heavy atom. The van der Waals surface area contributed by atoms with Crippen molar-refractivity contribution in [3.8, 4) is 0 Å². The summed E-state index contributed by atoms with van der Waals surface area (Å²) in [5.41, 5.74) is 0. The number of carbonyl (C=O) groups excluding carboxylic acids is 3. The summed E-state index contributed by atoms with van der Waals surface area (Å²) in [6, 6.07) is -1.33. The van der Waals surface area contributed by atoms with Gasteiger partial charge in [0.2, 0.25) is 18.4 Å².